The minimum atomic E-state index is -3.52. The van der Waals surface area contributed by atoms with Gasteiger partial charge in [0.25, 0.3) is 0 Å². The summed E-state index contributed by atoms with van der Waals surface area (Å²) in [4.78, 5) is 11.7. The summed E-state index contributed by atoms with van der Waals surface area (Å²) in [6.45, 7) is 3.77. The zero-order valence-electron chi connectivity index (χ0n) is 10.9. The van der Waals surface area contributed by atoms with Crippen molar-refractivity contribution in [2.24, 2.45) is 0 Å². The van der Waals surface area contributed by atoms with E-state index < -0.39 is 21.5 Å². The summed E-state index contributed by atoms with van der Waals surface area (Å²) in [6.07, 6.45) is -0.0981. The van der Waals surface area contributed by atoms with Crippen LogP contribution in [0.3, 0.4) is 0 Å². The van der Waals surface area contributed by atoms with Gasteiger partial charge in [0, 0.05) is 12.1 Å². The molecule has 102 valence electrons. The van der Waals surface area contributed by atoms with Crippen LogP contribution in [0.25, 0.3) is 0 Å². The molecule has 1 aromatic rings. The summed E-state index contributed by atoms with van der Waals surface area (Å²) >= 11 is 0. The maximum absolute atomic E-state index is 11.7. The molecule has 5 nitrogen and oxygen atoms in total. The maximum atomic E-state index is 11.7. The topological polar surface area (TPSA) is 87.0 Å². The number of aryl methyl sites for hydroxylation is 1. The maximum Gasteiger partial charge on any atom is 0.239 e. The fourth-order valence-corrected chi connectivity index (χ4v) is 2.56. The highest BCUT2D eigenvalue weighted by Gasteiger charge is 2.17. The number of carbonyl (C=O) groups excluding carboxylic acids is 1. The van der Waals surface area contributed by atoms with E-state index in [1.165, 1.54) is 0 Å². The normalized spacial score (nSPS) is 10.8. The Morgan fingerprint density at radius 1 is 1.37 bits per heavy atom. The van der Waals surface area contributed by atoms with Crippen LogP contribution in [0.1, 0.15) is 17.5 Å². The molecule has 0 spiro atoms. The highest BCUT2D eigenvalue weighted by Crippen LogP contribution is 2.17. The second-order valence-electron chi connectivity index (χ2n) is 4.30. The van der Waals surface area contributed by atoms with Gasteiger partial charge in [0.15, 0.2) is 9.84 Å². The molecule has 0 saturated carbocycles. The van der Waals surface area contributed by atoms with Crippen LogP contribution in [-0.2, 0) is 14.6 Å². The number of rotatable bonds is 5. The minimum absolute atomic E-state index is 0.0981. The van der Waals surface area contributed by atoms with Crippen LogP contribution in [-0.4, -0.2) is 25.8 Å². The Kier molecular flexibility index (Phi) is 5.07. The number of benzene rings is 1. The highest BCUT2D eigenvalue weighted by atomic mass is 32.2. The molecule has 0 aromatic heterocycles. The van der Waals surface area contributed by atoms with E-state index >= 15 is 0 Å². The molecule has 0 fully saturated rings. The molecule has 6 heteroatoms. The Bertz CT molecular complexity index is 615. The zero-order chi connectivity index (χ0) is 14.5. The Balaban J connectivity index is 2.71. The molecular weight excluding hydrogens is 264 g/mol. The van der Waals surface area contributed by atoms with Gasteiger partial charge in [0.2, 0.25) is 5.91 Å². The first-order valence-electron chi connectivity index (χ1n) is 5.79. The number of sulfone groups is 1. The molecule has 1 amide bonds. The fourth-order valence-electron chi connectivity index (χ4n) is 1.55. The first kappa shape index (κ1) is 15.2. The molecule has 1 N–H and O–H groups in total. The lowest BCUT2D eigenvalue weighted by atomic mass is 10.1. The number of carbonyl (C=O) groups is 1. The van der Waals surface area contributed by atoms with Gasteiger partial charge < -0.3 is 5.32 Å². The molecule has 1 aromatic carbocycles. The molecule has 19 heavy (non-hydrogen) atoms. The van der Waals surface area contributed by atoms with Crippen molar-refractivity contribution in [3.63, 3.8) is 0 Å². The van der Waals surface area contributed by atoms with E-state index in [9.17, 15) is 13.2 Å². The lowest BCUT2D eigenvalue weighted by Crippen LogP contribution is -2.25. The van der Waals surface area contributed by atoms with Crippen LogP contribution >= 0.6 is 0 Å². The number of nitriles is 1. The van der Waals surface area contributed by atoms with Crippen molar-refractivity contribution in [3.8, 4) is 6.07 Å². The van der Waals surface area contributed by atoms with Crippen LogP contribution in [0.4, 0.5) is 5.69 Å². The third kappa shape index (κ3) is 4.72. The van der Waals surface area contributed by atoms with Gasteiger partial charge >= 0.3 is 0 Å². The summed E-state index contributed by atoms with van der Waals surface area (Å²) in [5.74, 6) is -1.46. The molecule has 0 saturated heterocycles. The monoisotopic (exact) mass is 280 g/mol. The number of nitrogens with zero attached hydrogens (tertiary/aromatic N) is 1. The second-order valence-corrected chi connectivity index (χ2v) is 6.48. The van der Waals surface area contributed by atoms with Crippen molar-refractivity contribution < 1.29 is 13.2 Å². The third-order valence-corrected chi connectivity index (χ3v) is 4.28. The average Bonchev–Trinajstić information content (AvgIpc) is 2.32. The summed E-state index contributed by atoms with van der Waals surface area (Å²) in [5.41, 5.74) is 2.54. The smallest absolute Gasteiger partial charge is 0.239 e. The predicted octanol–water partition coefficient (Wildman–Crippen LogP) is 1.57. The molecule has 0 unspecified atom stereocenters. The Morgan fingerprint density at radius 2 is 2.05 bits per heavy atom. The number of hydrogen-bond acceptors (Lipinski definition) is 4. The van der Waals surface area contributed by atoms with Crippen molar-refractivity contribution in [3.05, 3.63) is 29.3 Å². The molecule has 0 aliphatic rings. The molecule has 0 radical (unpaired) electrons. The van der Waals surface area contributed by atoms with E-state index in [-0.39, 0.29) is 12.2 Å². The van der Waals surface area contributed by atoms with Gasteiger partial charge in [-0.05, 0) is 31.0 Å². The molecule has 0 aliphatic carbocycles. The lowest BCUT2D eigenvalue weighted by molar-refractivity contribution is -0.113. The zero-order valence-corrected chi connectivity index (χ0v) is 11.8. The molecule has 0 atom stereocenters. The Hall–Kier alpha value is -1.87. The van der Waals surface area contributed by atoms with Crippen LogP contribution in [0.15, 0.2) is 18.2 Å². The van der Waals surface area contributed by atoms with Gasteiger partial charge in [-0.25, -0.2) is 8.42 Å². The van der Waals surface area contributed by atoms with Crippen molar-refractivity contribution in [2.45, 2.75) is 20.3 Å². The average molecular weight is 280 g/mol. The van der Waals surface area contributed by atoms with Crippen LogP contribution in [0.5, 0.6) is 0 Å². The van der Waals surface area contributed by atoms with Crippen molar-refractivity contribution >= 4 is 21.4 Å². The van der Waals surface area contributed by atoms with E-state index in [1.54, 1.807) is 18.2 Å². The van der Waals surface area contributed by atoms with E-state index in [2.05, 4.69) is 5.32 Å². The van der Waals surface area contributed by atoms with Crippen LogP contribution in [0.2, 0.25) is 0 Å². The number of nitrogens with one attached hydrogen (secondary N) is 1. The van der Waals surface area contributed by atoms with Crippen molar-refractivity contribution in [2.75, 3.05) is 16.8 Å². The first-order valence-corrected chi connectivity index (χ1v) is 7.61. The molecule has 0 bridgehead atoms. The highest BCUT2D eigenvalue weighted by molar-refractivity contribution is 7.92. The summed E-state index contributed by atoms with van der Waals surface area (Å²) in [5, 5.41) is 10.9. The molecule has 0 aliphatic heterocycles. The number of hydrogen-bond donors (Lipinski definition) is 1. The van der Waals surface area contributed by atoms with Crippen LogP contribution in [0, 0.1) is 25.2 Å². The minimum Gasteiger partial charge on any atom is -0.325 e. The van der Waals surface area contributed by atoms with E-state index in [0.29, 0.717) is 5.69 Å². The van der Waals surface area contributed by atoms with Gasteiger partial charge in [-0.3, -0.25) is 4.79 Å². The lowest BCUT2D eigenvalue weighted by Gasteiger charge is -2.10. The van der Waals surface area contributed by atoms with E-state index in [4.69, 9.17) is 5.26 Å². The summed E-state index contributed by atoms with van der Waals surface area (Å²) in [6, 6.07) is 7.18. The van der Waals surface area contributed by atoms with Crippen molar-refractivity contribution in [1.82, 2.24) is 0 Å². The van der Waals surface area contributed by atoms with Gasteiger partial charge in [-0.1, -0.05) is 12.1 Å². The van der Waals surface area contributed by atoms with Gasteiger partial charge in [-0.15, -0.1) is 0 Å². The Labute approximate surface area is 113 Å². The van der Waals surface area contributed by atoms with E-state index in [0.717, 1.165) is 11.1 Å². The summed E-state index contributed by atoms with van der Waals surface area (Å²) < 4.78 is 23.1. The molecule has 1 rings (SSSR count). The van der Waals surface area contributed by atoms with Gasteiger partial charge in [0.05, 0.1) is 11.8 Å². The molecule has 0 heterocycles. The number of amides is 1. The second kappa shape index (κ2) is 6.34. The third-order valence-electron chi connectivity index (χ3n) is 2.75. The standard InChI is InChI=1S/C13H16N2O3S/c1-10-5-3-6-12(11(10)2)15-13(16)9-19(17,18)8-4-7-14/h3,5-6H,4,8-9H2,1-2H3,(H,15,16). The summed E-state index contributed by atoms with van der Waals surface area (Å²) in [7, 11) is -3.52. The quantitative estimate of drug-likeness (QED) is 0.886. The number of anilines is 1. The van der Waals surface area contributed by atoms with Crippen LogP contribution < -0.4 is 5.32 Å². The van der Waals surface area contributed by atoms with Gasteiger partial charge in [0.1, 0.15) is 5.75 Å². The SMILES string of the molecule is Cc1cccc(NC(=O)CS(=O)(=O)CCC#N)c1C. The van der Waals surface area contributed by atoms with Crippen molar-refractivity contribution in [1.29, 1.82) is 5.26 Å². The fraction of sp³-hybridized carbons (Fsp3) is 0.385. The molecular formula is C13H16N2O3S. The Morgan fingerprint density at radius 3 is 2.68 bits per heavy atom. The first-order chi connectivity index (χ1) is 8.85. The predicted molar refractivity (Wildman–Crippen MR) is 73.4 cm³/mol. The van der Waals surface area contributed by atoms with Gasteiger partial charge in [-0.2, -0.15) is 5.26 Å². The largest absolute Gasteiger partial charge is 0.325 e. The van der Waals surface area contributed by atoms with E-state index in [1.807, 2.05) is 19.9 Å².